The summed E-state index contributed by atoms with van der Waals surface area (Å²) in [5.41, 5.74) is 14.0. The van der Waals surface area contributed by atoms with Crippen LogP contribution in [0.15, 0.2) is 18.2 Å². The zero-order valence-electron chi connectivity index (χ0n) is 9.83. The molecule has 3 nitrogen and oxygen atoms in total. The maximum Gasteiger partial charge on any atom is 0.142 e. The highest BCUT2D eigenvalue weighted by Crippen LogP contribution is 2.36. The predicted octanol–water partition coefficient (Wildman–Crippen LogP) is 2.09. The van der Waals surface area contributed by atoms with Gasteiger partial charge in [-0.2, -0.15) is 0 Å². The van der Waals surface area contributed by atoms with Crippen molar-refractivity contribution in [1.29, 1.82) is 0 Å². The zero-order chi connectivity index (χ0) is 11.6. The van der Waals surface area contributed by atoms with E-state index in [0.29, 0.717) is 6.61 Å². The number of ether oxygens (including phenoxy) is 1. The molecule has 1 aromatic rings. The van der Waals surface area contributed by atoms with Gasteiger partial charge in [-0.25, -0.2) is 0 Å². The van der Waals surface area contributed by atoms with Crippen molar-refractivity contribution in [2.45, 2.75) is 38.1 Å². The van der Waals surface area contributed by atoms with Gasteiger partial charge in [-0.3, -0.25) is 0 Å². The normalized spacial score (nSPS) is 17.1. The highest BCUT2D eigenvalue weighted by molar-refractivity contribution is 5.54. The van der Waals surface area contributed by atoms with Crippen molar-refractivity contribution in [3.8, 4) is 5.75 Å². The molecule has 3 heteroatoms. The third kappa shape index (κ3) is 2.67. The molecule has 2 rings (SSSR count). The summed E-state index contributed by atoms with van der Waals surface area (Å²) in [4.78, 5) is 0. The van der Waals surface area contributed by atoms with E-state index in [1.165, 1.54) is 18.4 Å². The molecule has 0 saturated heterocycles. The van der Waals surface area contributed by atoms with Crippen molar-refractivity contribution >= 4 is 5.69 Å². The molecule has 0 amide bonds. The zero-order valence-corrected chi connectivity index (χ0v) is 9.83. The van der Waals surface area contributed by atoms with Gasteiger partial charge in [-0.05, 0) is 50.3 Å². The van der Waals surface area contributed by atoms with E-state index >= 15 is 0 Å². The summed E-state index contributed by atoms with van der Waals surface area (Å²) in [6.07, 6.45) is 4.40. The van der Waals surface area contributed by atoms with Crippen molar-refractivity contribution in [2.75, 3.05) is 12.3 Å². The second kappa shape index (κ2) is 4.34. The van der Waals surface area contributed by atoms with Gasteiger partial charge in [0.05, 0.1) is 12.3 Å². The summed E-state index contributed by atoms with van der Waals surface area (Å²) >= 11 is 0. The minimum Gasteiger partial charge on any atom is -0.492 e. The van der Waals surface area contributed by atoms with Crippen LogP contribution in [0.2, 0.25) is 0 Å². The molecule has 1 aromatic carbocycles. The number of hydrogen-bond acceptors (Lipinski definition) is 3. The van der Waals surface area contributed by atoms with E-state index in [4.69, 9.17) is 16.2 Å². The van der Waals surface area contributed by atoms with E-state index in [1.807, 2.05) is 19.1 Å². The van der Waals surface area contributed by atoms with Crippen molar-refractivity contribution in [3.05, 3.63) is 23.8 Å². The Morgan fingerprint density at radius 1 is 1.38 bits per heavy atom. The minimum absolute atomic E-state index is 0.118. The Kier molecular flexibility index (Phi) is 3.06. The van der Waals surface area contributed by atoms with E-state index < -0.39 is 0 Å². The van der Waals surface area contributed by atoms with Crippen molar-refractivity contribution in [3.63, 3.8) is 0 Å². The number of nitrogen functional groups attached to an aromatic ring is 1. The SMILES string of the molecule is CCOc1ccc(CCC2(N)CC2)cc1N. The monoisotopic (exact) mass is 220 g/mol. The molecule has 0 bridgehead atoms. The van der Waals surface area contributed by atoms with Crippen molar-refractivity contribution < 1.29 is 4.74 Å². The highest BCUT2D eigenvalue weighted by Gasteiger charge is 2.37. The molecule has 1 fully saturated rings. The maximum atomic E-state index is 6.05. The molecule has 0 atom stereocenters. The van der Waals surface area contributed by atoms with Crippen LogP contribution < -0.4 is 16.2 Å². The summed E-state index contributed by atoms with van der Waals surface area (Å²) in [6.45, 7) is 2.61. The summed E-state index contributed by atoms with van der Waals surface area (Å²) in [6, 6.07) is 6.02. The van der Waals surface area contributed by atoms with E-state index in [1.54, 1.807) is 0 Å². The first-order valence-corrected chi connectivity index (χ1v) is 5.93. The number of aryl methyl sites for hydroxylation is 1. The number of benzene rings is 1. The molecule has 16 heavy (non-hydrogen) atoms. The molecule has 4 N–H and O–H groups in total. The van der Waals surface area contributed by atoms with Crippen LogP contribution in [0.4, 0.5) is 5.69 Å². The van der Waals surface area contributed by atoms with Gasteiger partial charge in [-0.1, -0.05) is 6.07 Å². The molecular formula is C13H20N2O. The molecule has 1 aliphatic carbocycles. The van der Waals surface area contributed by atoms with Gasteiger partial charge >= 0.3 is 0 Å². The van der Waals surface area contributed by atoms with Gasteiger partial charge in [-0.15, -0.1) is 0 Å². The maximum absolute atomic E-state index is 6.05. The molecule has 88 valence electrons. The van der Waals surface area contributed by atoms with Crippen LogP contribution in [-0.4, -0.2) is 12.1 Å². The van der Waals surface area contributed by atoms with Crippen LogP contribution in [-0.2, 0) is 6.42 Å². The van der Waals surface area contributed by atoms with Crippen molar-refractivity contribution in [2.24, 2.45) is 5.73 Å². The second-order valence-electron chi connectivity index (χ2n) is 4.67. The number of anilines is 1. The van der Waals surface area contributed by atoms with Gasteiger partial charge in [0.2, 0.25) is 0 Å². The quantitative estimate of drug-likeness (QED) is 0.747. The Hall–Kier alpha value is -1.22. The lowest BCUT2D eigenvalue weighted by atomic mass is 10.0. The Morgan fingerprint density at radius 2 is 2.12 bits per heavy atom. The van der Waals surface area contributed by atoms with Crippen LogP contribution in [0, 0.1) is 0 Å². The number of rotatable bonds is 5. The fraction of sp³-hybridized carbons (Fsp3) is 0.538. The van der Waals surface area contributed by atoms with Gasteiger partial charge < -0.3 is 16.2 Å². The third-order valence-corrected chi connectivity index (χ3v) is 3.18. The molecular weight excluding hydrogens is 200 g/mol. The largest absolute Gasteiger partial charge is 0.492 e. The molecule has 0 radical (unpaired) electrons. The lowest BCUT2D eigenvalue weighted by molar-refractivity contribution is 0.342. The molecule has 0 aliphatic heterocycles. The van der Waals surface area contributed by atoms with Gasteiger partial charge in [0, 0.05) is 5.54 Å². The van der Waals surface area contributed by atoms with Crippen LogP contribution in [0.25, 0.3) is 0 Å². The average Bonchev–Trinajstić information content (AvgIpc) is 2.98. The number of nitrogens with two attached hydrogens (primary N) is 2. The van der Waals surface area contributed by atoms with Crippen molar-refractivity contribution in [1.82, 2.24) is 0 Å². The minimum atomic E-state index is 0.118. The van der Waals surface area contributed by atoms with Gasteiger partial charge in [0.1, 0.15) is 5.75 Å². The predicted molar refractivity (Wildman–Crippen MR) is 66.5 cm³/mol. The summed E-state index contributed by atoms with van der Waals surface area (Å²) in [5.74, 6) is 0.778. The first-order chi connectivity index (χ1) is 7.63. The first-order valence-electron chi connectivity index (χ1n) is 5.93. The van der Waals surface area contributed by atoms with E-state index in [9.17, 15) is 0 Å². The Morgan fingerprint density at radius 3 is 2.69 bits per heavy atom. The molecule has 1 saturated carbocycles. The van der Waals surface area contributed by atoms with E-state index in [0.717, 1.165) is 24.3 Å². The second-order valence-corrected chi connectivity index (χ2v) is 4.67. The summed E-state index contributed by atoms with van der Waals surface area (Å²) < 4.78 is 5.40. The Bertz CT molecular complexity index is 372. The topological polar surface area (TPSA) is 61.3 Å². The van der Waals surface area contributed by atoms with Crippen LogP contribution in [0.3, 0.4) is 0 Å². The average molecular weight is 220 g/mol. The molecule has 0 heterocycles. The van der Waals surface area contributed by atoms with Crippen LogP contribution in [0.5, 0.6) is 5.75 Å². The van der Waals surface area contributed by atoms with E-state index in [-0.39, 0.29) is 5.54 Å². The Labute approximate surface area is 96.8 Å². The molecule has 1 aliphatic rings. The summed E-state index contributed by atoms with van der Waals surface area (Å²) in [7, 11) is 0. The molecule has 0 unspecified atom stereocenters. The van der Waals surface area contributed by atoms with Crippen LogP contribution >= 0.6 is 0 Å². The van der Waals surface area contributed by atoms with Crippen LogP contribution in [0.1, 0.15) is 31.7 Å². The van der Waals surface area contributed by atoms with E-state index in [2.05, 4.69) is 6.07 Å². The smallest absolute Gasteiger partial charge is 0.142 e. The Balaban J connectivity index is 1.97. The fourth-order valence-corrected chi connectivity index (χ4v) is 1.84. The molecule has 0 spiro atoms. The number of hydrogen-bond donors (Lipinski definition) is 2. The lowest BCUT2D eigenvalue weighted by Crippen LogP contribution is -2.22. The summed E-state index contributed by atoms with van der Waals surface area (Å²) in [5, 5.41) is 0. The highest BCUT2D eigenvalue weighted by atomic mass is 16.5. The standard InChI is InChI=1S/C13H20N2O/c1-2-16-12-4-3-10(9-11(12)14)5-6-13(15)7-8-13/h3-4,9H,2,5-8,14-15H2,1H3. The fourth-order valence-electron chi connectivity index (χ4n) is 1.84. The first kappa shape index (κ1) is 11.3. The molecule has 0 aromatic heterocycles. The van der Waals surface area contributed by atoms with Gasteiger partial charge in [0.25, 0.3) is 0 Å². The van der Waals surface area contributed by atoms with Gasteiger partial charge in [0.15, 0.2) is 0 Å². The lowest BCUT2D eigenvalue weighted by Gasteiger charge is -2.11. The third-order valence-electron chi connectivity index (χ3n) is 3.18.